The second kappa shape index (κ2) is 8.20. The fraction of sp³-hybridized carbons (Fsp3) is 0.250. The number of cyclic esters (lactones) is 1. The van der Waals surface area contributed by atoms with Gasteiger partial charge >= 0.3 is 6.09 Å². The van der Waals surface area contributed by atoms with Crippen LogP contribution in [0.3, 0.4) is 0 Å². The van der Waals surface area contributed by atoms with Crippen LogP contribution in [-0.4, -0.2) is 36.2 Å². The summed E-state index contributed by atoms with van der Waals surface area (Å²) in [6, 6.07) is 16.1. The fourth-order valence-electron chi connectivity index (χ4n) is 2.94. The van der Waals surface area contributed by atoms with Crippen LogP contribution in [0.25, 0.3) is 10.2 Å². The molecule has 0 spiro atoms. The van der Waals surface area contributed by atoms with E-state index in [1.807, 2.05) is 36.4 Å². The lowest BCUT2D eigenvalue weighted by Gasteiger charge is -2.12. The molecule has 0 radical (unpaired) electrons. The van der Waals surface area contributed by atoms with E-state index >= 15 is 0 Å². The highest BCUT2D eigenvalue weighted by atomic mass is 32.2. The van der Waals surface area contributed by atoms with Crippen molar-refractivity contribution < 1.29 is 14.3 Å². The van der Waals surface area contributed by atoms with Crippen molar-refractivity contribution in [3.8, 4) is 0 Å². The van der Waals surface area contributed by atoms with Crippen LogP contribution in [0.15, 0.2) is 52.9 Å². The molecule has 3 aromatic rings. The molecule has 1 N–H and O–H groups in total. The van der Waals surface area contributed by atoms with Gasteiger partial charge < -0.3 is 10.1 Å². The van der Waals surface area contributed by atoms with E-state index in [0.29, 0.717) is 13.1 Å². The summed E-state index contributed by atoms with van der Waals surface area (Å²) in [6.07, 6.45) is -0.733. The van der Waals surface area contributed by atoms with Crippen LogP contribution in [-0.2, 0) is 15.3 Å². The molecule has 1 aliphatic heterocycles. The molecular formula is C20H19N3O3S2. The van der Waals surface area contributed by atoms with Gasteiger partial charge in [0.15, 0.2) is 4.34 Å². The number of carbonyl (C=O) groups is 2. The van der Waals surface area contributed by atoms with Crippen LogP contribution in [0.1, 0.15) is 12.5 Å². The first-order valence-corrected chi connectivity index (χ1v) is 10.7. The van der Waals surface area contributed by atoms with E-state index < -0.39 is 6.09 Å². The Balaban J connectivity index is 1.45. The van der Waals surface area contributed by atoms with Gasteiger partial charge in [-0.15, -0.1) is 11.3 Å². The molecule has 4 rings (SSSR count). The van der Waals surface area contributed by atoms with E-state index in [2.05, 4.69) is 22.4 Å². The Labute approximate surface area is 170 Å². The number of nitrogens with one attached hydrogen (secondary N) is 1. The van der Waals surface area contributed by atoms with Gasteiger partial charge in [-0.25, -0.2) is 9.78 Å². The molecule has 1 aromatic heterocycles. The third-order valence-corrected chi connectivity index (χ3v) is 6.55. The summed E-state index contributed by atoms with van der Waals surface area (Å²) in [5.41, 5.74) is 2.97. The number of thioether (sulfide) groups is 1. The van der Waals surface area contributed by atoms with Crippen molar-refractivity contribution in [3.63, 3.8) is 0 Å². The molecule has 28 heavy (non-hydrogen) atoms. The van der Waals surface area contributed by atoms with Gasteiger partial charge in [0.1, 0.15) is 6.10 Å². The predicted molar refractivity (Wildman–Crippen MR) is 112 cm³/mol. The quantitative estimate of drug-likeness (QED) is 0.617. The number of hydrogen-bond acceptors (Lipinski definition) is 6. The molecule has 1 atom stereocenters. The van der Waals surface area contributed by atoms with E-state index in [1.165, 1.54) is 12.5 Å². The smallest absolute Gasteiger partial charge is 0.414 e. The normalized spacial score (nSPS) is 16.4. The van der Waals surface area contributed by atoms with Gasteiger partial charge in [-0.1, -0.05) is 42.1 Å². The van der Waals surface area contributed by atoms with Gasteiger partial charge in [0.2, 0.25) is 5.91 Å². The van der Waals surface area contributed by atoms with Gasteiger partial charge in [0.25, 0.3) is 0 Å². The molecule has 1 fully saturated rings. The predicted octanol–water partition coefficient (Wildman–Crippen LogP) is 4.05. The van der Waals surface area contributed by atoms with Crippen LogP contribution in [0.2, 0.25) is 0 Å². The minimum absolute atomic E-state index is 0.138. The Bertz CT molecular complexity index is 1010. The number of carbonyl (C=O) groups excluding carboxylic acids is 2. The number of fused-ring (bicyclic) bond motifs is 1. The lowest BCUT2D eigenvalue weighted by atomic mass is 10.2. The van der Waals surface area contributed by atoms with Gasteiger partial charge in [0.05, 0.1) is 23.3 Å². The molecule has 6 nitrogen and oxygen atoms in total. The van der Waals surface area contributed by atoms with Crippen molar-refractivity contribution >= 4 is 51.0 Å². The van der Waals surface area contributed by atoms with E-state index in [1.54, 1.807) is 28.0 Å². The Morgan fingerprint density at radius 3 is 2.93 bits per heavy atom. The molecule has 8 heteroatoms. The van der Waals surface area contributed by atoms with E-state index in [4.69, 9.17) is 4.74 Å². The molecule has 2 amide bonds. The van der Waals surface area contributed by atoms with E-state index in [0.717, 1.165) is 26.0 Å². The topological polar surface area (TPSA) is 71.5 Å². The summed E-state index contributed by atoms with van der Waals surface area (Å²) in [7, 11) is 0. The molecule has 0 bridgehead atoms. The van der Waals surface area contributed by atoms with Crippen LogP contribution >= 0.6 is 23.1 Å². The number of rotatable bonds is 6. The maximum atomic E-state index is 12.2. The van der Waals surface area contributed by atoms with Gasteiger partial charge in [0, 0.05) is 18.4 Å². The molecule has 144 valence electrons. The van der Waals surface area contributed by atoms with Gasteiger partial charge in [-0.3, -0.25) is 9.69 Å². The number of ether oxygens (including phenoxy) is 1. The largest absolute Gasteiger partial charge is 0.442 e. The molecule has 1 saturated heterocycles. The standard InChI is InChI=1S/C20H19N3O3S2/c1-13(24)21-10-16-11-23(20(25)26-16)15-7-8-17-18(9-15)28-19(22-17)27-12-14-5-3-2-4-6-14/h2-9,16H,10-12H2,1H3,(H,21,24)/t16-/m0/s1. The lowest BCUT2D eigenvalue weighted by molar-refractivity contribution is -0.119. The van der Waals surface area contributed by atoms with Gasteiger partial charge in [-0.05, 0) is 23.8 Å². The first kappa shape index (κ1) is 18.8. The third-order valence-electron chi connectivity index (χ3n) is 4.32. The first-order chi connectivity index (χ1) is 13.6. The Morgan fingerprint density at radius 2 is 2.14 bits per heavy atom. The second-order valence-electron chi connectivity index (χ2n) is 6.46. The van der Waals surface area contributed by atoms with Crippen LogP contribution in [0.5, 0.6) is 0 Å². The number of hydrogen-bond donors (Lipinski definition) is 1. The zero-order valence-electron chi connectivity index (χ0n) is 15.3. The number of aromatic nitrogens is 1. The van der Waals surface area contributed by atoms with Crippen LogP contribution in [0.4, 0.5) is 10.5 Å². The number of anilines is 1. The summed E-state index contributed by atoms with van der Waals surface area (Å²) in [5.74, 6) is 0.734. The van der Waals surface area contributed by atoms with E-state index in [9.17, 15) is 9.59 Å². The van der Waals surface area contributed by atoms with Crippen molar-refractivity contribution in [2.75, 3.05) is 18.0 Å². The fourth-order valence-corrected chi connectivity index (χ4v) is 4.99. The molecule has 0 saturated carbocycles. The van der Waals surface area contributed by atoms with E-state index in [-0.39, 0.29) is 12.0 Å². The first-order valence-electron chi connectivity index (χ1n) is 8.88. The Morgan fingerprint density at radius 1 is 1.32 bits per heavy atom. The monoisotopic (exact) mass is 413 g/mol. The van der Waals surface area contributed by atoms with Crippen molar-refractivity contribution in [3.05, 3.63) is 54.1 Å². The number of nitrogens with zero attached hydrogens (tertiary/aromatic N) is 2. The maximum absolute atomic E-state index is 12.2. The van der Waals surface area contributed by atoms with Crippen molar-refractivity contribution in [2.24, 2.45) is 0 Å². The van der Waals surface area contributed by atoms with Crippen molar-refractivity contribution in [2.45, 2.75) is 23.1 Å². The molecule has 0 aliphatic carbocycles. The Hall–Kier alpha value is -2.58. The molecular weight excluding hydrogens is 394 g/mol. The highest BCUT2D eigenvalue weighted by Gasteiger charge is 2.32. The molecule has 2 aromatic carbocycles. The summed E-state index contributed by atoms with van der Waals surface area (Å²) in [4.78, 5) is 29.5. The van der Waals surface area contributed by atoms with Crippen LogP contribution < -0.4 is 10.2 Å². The minimum Gasteiger partial charge on any atom is -0.442 e. The average Bonchev–Trinajstić information content (AvgIpc) is 3.27. The molecule has 2 heterocycles. The number of amides is 2. The number of benzene rings is 2. The van der Waals surface area contributed by atoms with Crippen LogP contribution in [0, 0.1) is 0 Å². The maximum Gasteiger partial charge on any atom is 0.414 e. The zero-order chi connectivity index (χ0) is 19.5. The highest BCUT2D eigenvalue weighted by Crippen LogP contribution is 2.34. The van der Waals surface area contributed by atoms with Crippen molar-refractivity contribution in [1.82, 2.24) is 10.3 Å². The third kappa shape index (κ3) is 4.28. The lowest BCUT2D eigenvalue weighted by Crippen LogP contribution is -2.33. The second-order valence-corrected chi connectivity index (χ2v) is 8.71. The van der Waals surface area contributed by atoms with Gasteiger partial charge in [-0.2, -0.15) is 0 Å². The Kier molecular flexibility index (Phi) is 5.50. The minimum atomic E-state index is -0.391. The highest BCUT2D eigenvalue weighted by molar-refractivity contribution is 8.00. The van der Waals surface area contributed by atoms with Crippen molar-refractivity contribution in [1.29, 1.82) is 0 Å². The average molecular weight is 414 g/mol. The molecule has 1 aliphatic rings. The zero-order valence-corrected chi connectivity index (χ0v) is 16.9. The summed E-state index contributed by atoms with van der Waals surface area (Å²) in [6.45, 7) is 2.18. The number of thiazole rings is 1. The summed E-state index contributed by atoms with van der Waals surface area (Å²) < 4.78 is 7.38. The summed E-state index contributed by atoms with van der Waals surface area (Å²) in [5, 5.41) is 2.69. The SMILES string of the molecule is CC(=O)NC[C@H]1CN(c2ccc3nc(SCc4ccccc4)sc3c2)C(=O)O1. The summed E-state index contributed by atoms with van der Waals surface area (Å²) >= 11 is 3.33. The molecule has 0 unspecified atom stereocenters.